The largest absolute Gasteiger partial charge is 0.389 e. The fourth-order valence-electron chi connectivity index (χ4n) is 1.39. The molecular formula is C11H16N2O2S2. The summed E-state index contributed by atoms with van der Waals surface area (Å²) >= 11 is 4.94. The summed E-state index contributed by atoms with van der Waals surface area (Å²) in [5, 5.41) is 3.05. The van der Waals surface area contributed by atoms with Crippen LogP contribution in [0.15, 0.2) is 18.2 Å². The molecule has 17 heavy (non-hydrogen) atoms. The van der Waals surface area contributed by atoms with Crippen molar-refractivity contribution < 1.29 is 8.42 Å². The zero-order chi connectivity index (χ0) is 13.1. The molecule has 0 unspecified atom stereocenters. The van der Waals surface area contributed by atoms with Crippen LogP contribution >= 0.6 is 12.2 Å². The monoisotopic (exact) mass is 272 g/mol. The number of aryl methyl sites for hydroxylation is 1. The topological polar surface area (TPSA) is 72.2 Å². The van der Waals surface area contributed by atoms with Crippen LogP contribution in [0.1, 0.15) is 11.1 Å². The Labute approximate surface area is 107 Å². The number of nitrogens with one attached hydrogen (secondary N) is 1. The van der Waals surface area contributed by atoms with Gasteiger partial charge < -0.3 is 11.1 Å². The van der Waals surface area contributed by atoms with Crippen LogP contribution in [0.25, 0.3) is 0 Å². The third kappa shape index (κ3) is 4.70. The van der Waals surface area contributed by atoms with Crippen LogP contribution in [0, 0.1) is 6.92 Å². The predicted octanol–water partition coefficient (Wildman–Crippen LogP) is 1.09. The molecule has 0 aliphatic heterocycles. The van der Waals surface area contributed by atoms with E-state index in [1.165, 1.54) is 6.26 Å². The highest BCUT2D eigenvalue weighted by molar-refractivity contribution is 7.90. The number of sulfone groups is 1. The van der Waals surface area contributed by atoms with E-state index in [1.807, 2.05) is 25.1 Å². The van der Waals surface area contributed by atoms with Gasteiger partial charge in [-0.05, 0) is 24.6 Å². The molecule has 6 heteroatoms. The fraction of sp³-hybridized carbons (Fsp3) is 0.364. The van der Waals surface area contributed by atoms with Gasteiger partial charge in [-0.3, -0.25) is 0 Å². The van der Waals surface area contributed by atoms with Gasteiger partial charge in [-0.15, -0.1) is 0 Å². The van der Waals surface area contributed by atoms with Crippen molar-refractivity contribution in [1.29, 1.82) is 0 Å². The predicted molar refractivity (Wildman–Crippen MR) is 75.3 cm³/mol. The summed E-state index contributed by atoms with van der Waals surface area (Å²) in [5.41, 5.74) is 8.17. The lowest BCUT2D eigenvalue weighted by Gasteiger charge is -2.11. The molecule has 1 aromatic rings. The summed E-state index contributed by atoms with van der Waals surface area (Å²) in [4.78, 5) is 0.298. The van der Waals surface area contributed by atoms with Gasteiger partial charge in [0.2, 0.25) is 0 Å². The van der Waals surface area contributed by atoms with E-state index in [0.717, 1.165) is 16.8 Å². The molecule has 1 aromatic carbocycles. The molecule has 0 fully saturated rings. The summed E-state index contributed by atoms with van der Waals surface area (Å²) in [6.45, 7) is 2.29. The number of benzene rings is 1. The minimum Gasteiger partial charge on any atom is -0.389 e. The summed E-state index contributed by atoms with van der Waals surface area (Å²) in [6.07, 6.45) is 1.21. The van der Waals surface area contributed by atoms with Crippen molar-refractivity contribution in [3.8, 4) is 0 Å². The Morgan fingerprint density at radius 3 is 2.65 bits per heavy atom. The normalized spacial score (nSPS) is 11.2. The highest BCUT2D eigenvalue weighted by Gasteiger charge is 2.06. The average Bonchev–Trinajstić information content (AvgIpc) is 2.15. The molecule has 0 aromatic heterocycles. The van der Waals surface area contributed by atoms with E-state index < -0.39 is 9.84 Å². The molecule has 3 N–H and O–H groups in total. The molecule has 0 aliphatic rings. The minimum atomic E-state index is -2.96. The Balaban J connectivity index is 2.82. The second kappa shape index (κ2) is 5.46. The highest BCUT2D eigenvalue weighted by atomic mass is 32.2. The summed E-state index contributed by atoms with van der Waals surface area (Å²) < 4.78 is 22.0. The van der Waals surface area contributed by atoms with Crippen LogP contribution in [-0.4, -0.2) is 32.0 Å². The van der Waals surface area contributed by atoms with E-state index >= 15 is 0 Å². The van der Waals surface area contributed by atoms with E-state index in [-0.39, 0.29) is 5.75 Å². The molecule has 1 rings (SSSR count). The van der Waals surface area contributed by atoms with Gasteiger partial charge in [0.25, 0.3) is 0 Å². The first kappa shape index (κ1) is 13.9. The van der Waals surface area contributed by atoms with E-state index in [2.05, 4.69) is 5.32 Å². The maximum Gasteiger partial charge on any atom is 0.149 e. The third-order valence-electron chi connectivity index (χ3n) is 2.23. The van der Waals surface area contributed by atoms with Crippen LogP contribution < -0.4 is 11.1 Å². The lowest BCUT2D eigenvalue weighted by atomic mass is 10.1. The van der Waals surface area contributed by atoms with Crippen molar-refractivity contribution >= 4 is 32.7 Å². The van der Waals surface area contributed by atoms with Gasteiger partial charge in [0.15, 0.2) is 0 Å². The van der Waals surface area contributed by atoms with E-state index in [4.69, 9.17) is 18.0 Å². The molecule has 0 amide bonds. The van der Waals surface area contributed by atoms with Gasteiger partial charge in [-0.2, -0.15) is 0 Å². The number of nitrogens with two attached hydrogens (primary N) is 1. The van der Waals surface area contributed by atoms with Gasteiger partial charge >= 0.3 is 0 Å². The Bertz CT molecular complexity index is 524. The van der Waals surface area contributed by atoms with Crippen LogP contribution in [0.2, 0.25) is 0 Å². The molecule has 0 atom stereocenters. The zero-order valence-corrected chi connectivity index (χ0v) is 11.5. The average molecular weight is 272 g/mol. The van der Waals surface area contributed by atoms with Crippen molar-refractivity contribution in [3.63, 3.8) is 0 Å². The zero-order valence-electron chi connectivity index (χ0n) is 9.86. The van der Waals surface area contributed by atoms with Crippen molar-refractivity contribution in [2.45, 2.75) is 6.92 Å². The molecular weight excluding hydrogens is 256 g/mol. The van der Waals surface area contributed by atoms with Crippen molar-refractivity contribution in [2.24, 2.45) is 5.73 Å². The van der Waals surface area contributed by atoms with Crippen molar-refractivity contribution in [1.82, 2.24) is 0 Å². The maximum absolute atomic E-state index is 11.0. The Kier molecular flexibility index (Phi) is 4.47. The quantitative estimate of drug-likeness (QED) is 0.785. The van der Waals surface area contributed by atoms with Crippen LogP contribution in [0.5, 0.6) is 0 Å². The van der Waals surface area contributed by atoms with Crippen molar-refractivity contribution in [2.75, 3.05) is 23.9 Å². The van der Waals surface area contributed by atoms with Crippen LogP contribution in [0.3, 0.4) is 0 Å². The smallest absolute Gasteiger partial charge is 0.149 e. The SMILES string of the molecule is Cc1ccc(C(N)=S)c(NCCS(C)(=O)=O)c1. The van der Waals surface area contributed by atoms with Gasteiger partial charge in [0.1, 0.15) is 14.8 Å². The molecule has 0 spiro atoms. The first-order chi connectivity index (χ1) is 7.79. The third-order valence-corrected chi connectivity index (χ3v) is 3.39. The van der Waals surface area contributed by atoms with Gasteiger partial charge in [-0.25, -0.2) is 8.42 Å². The lowest BCUT2D eigenvalue weighted by molar-refractivity contribution is 0.602. The first-order valence-corrected chi connectivity index (χ1v) is 7.58. The van der Waals surface area contributed by atoms with Crippen molar-refractivity contribution in [3.05, 3.63) is 29.3 Å². The summed E-state index contributed by atoms with van der Waals surface area (Å²) in [5.74, 6) is 0.0811. The number of thiocarbonyl (C=S) groups is 1. The van der Waals surface area contributed by atoms with E-state index in [9.17, 15) is 8.42 Å². The Hall–Kier alpha value is -1.14. The second-order valence-electron chi connectivity index (χ2n) is 3.97. The molecule has 94 valence electrons. The number of hydrogen-bond acceptors (Lipinski definition) is 4. The van der Waals surface area contributed by atoms with Gasteiger partial charge in [-0.1, -0.05) is 18.3 Å². The molecule has 0 aliphatic carbocycles. The first-order valence-electron chi connectivity index (χ1n) is 5.11. The van der Waals surface area contributed by atoms with Crippen LogP contribution in [-0.2, 0) is 9.84 Å². The molecule has 0 heterocycles. The standard InChI is InChI=1S/C11H16N2O2S2/c1-8-3-4-9(11(12)16)10(7-8)13-5-6-17(2,14)15/h3-4,7,13H,5-6H2,1-2H3,(H2,12,16). The van der Waals surface area contributed by atoms with Crippen LogP contribution in [0.4, 0.5) is 5.69 Å². The second-order valence-corrected chi connectivity index (χ2v) is 6.67. The molecule has 0 radical (unpaired) electrons. The van der Waals surface area contributed by atoms with E-state index in [1.54, 1.807) is 0 Å². The van der Waals surface area contributed by atoms with Gasteiger partial charge in [0, 0.05) is 24.1 Å². The lowest BCUT2D eigenvalue weighted by Crippen LogP contribution is -2.18. The maximum atomic E-state index is 11.0. The summed E-state index contributed by atoms with van der Waals surface area (Å²) in [7, 11) is -2.96. The molecule has 0 bridgehead atoms. The molecule has 0 saturated carbocycles. The Morgan fingerprint density at radius 2 is 2.12 bits per heavy atom. The fourth-order valence-corrected chi connectivity index (χ4v) is 2.04. The van der Waals surface area contributed by atoms with E-state index in [0.29, 0.717) is 11.5 Å². The number of rotatable bonds is 5. The van der Waals surface area contributed by atoms with Gasteiger partial charge in [0.05, 0.1) is 5.75 Å². The highest BCUT2D eigenvalue weighted by Crippen LogP contribution is 2.17. The minimum absolute atomic E-state index is 0.0811. The molecule has 0 saturated heterocycles. The number of hydrogen-bond donors (Lipinski definition) is 2. The number of anilines is 1. The summed E-state index contributed by atoms with van der Waals surface area (Å²) in [6, 6.07) is 5.65. The Morgan fingerprint density at radius 1 is 1.47 bits per heavy atom. The molecule has 4 nitrogen and oxygen atoms in total.